The summed E-state index contributed by atoms with van der Waals surface area (Å²) in [5.74, 6) is -1.94. The van der Waals surface area contributed by atoms with Gasteiger partial charge in [-0.15, -0.1) is 18.2 Å². The maximum Gasteiger partial charge on any atom is 0.517 e. The van der Waals surface area contributed by atoms with E-state index in [1.165, 1.54) is 12.1 Å². The molecule has 0 aliphatic heterocycles. The smallest absolute Gasteiger partial charge is 0.465 e. The average Bonchev–Trinajstić information content (AvgIpc) is 2.33. The summed E-state index contributed by atoms with van der Waals surface area (Å²) >= 11 is 0. The van der Waals surface area contributed by atoms with E-state index in [0.717, 1.165) is 26.2 Å². The number of halogens is 3. The van der Waals surface area contributed by atoms with Gasteiger partial charge in [0.25, 0.3) is 0 Å². The Balaban J connectivity index is 3.16. The number of hydrogen-bond acceptors (Lipinski definition) is 5. The standard InChI is InChI=1S/C11H10F3NO4/c1-7(16)19-15(11(12,13)14)9-5-3-4-8(6-9)10(17)18-2/h3-6H,1-2H3. The number of rotatable bonds is 3. The van der Waals surface area contributed by atoms with Crippen molar-refractivity contribution in [1.29, 1.82) is 0 Å². The number of carbonyl (C=O) groups excluding carboxylic acids is 2. The van der Waals surface area contributed by atoms with Crippen molar-refractivity contribution in [2.75, 3.05) is 12.2 Å². The molecule has 0 fully saturated rings. The number of ether oxygens (including phenoxy) is 1. The van der Waals surface area contributed by atoms with Crippen LogP contribution in [0.1, 0.15) is 17.3 Å². The van der Waals surface area contributed by atoms with Gasteiger partial charge < -0.3 is 9.57 Å². The zero-order chi connectivity index (χ0) is 14.6. The highest BCUT2D eigenvalue weighted by Gasteiger charge is 2.41. The van der Waals surface area contributed by atoms with Crippen LogP contribution in [-0.4, -0.2) is 25.3 Å². The van der Waals surface area contributed by atoms with Crippen molar-refractivity contribution in [2.45, 2.75) is 13.2 Å². The van der Waals surface area contributed by atoms with Crippen LogP contribution in [0.15, 0.2) is 24.3 Å². The van der Waals surface area contributed by atoms with Crippen molar-refractivity contribution >= 4 is 17.6 Å². The van der Waals surface area contributed by atoms with Crippen molar-refractivity contribution in [3.63, 3.8) is 0 Å². The fourth-order valence-corrected chi connectivity index (χ4v) is 1.26. The number of alkyl halides is 3. The third-order valence-electron chi connectivity index (χ3n) is 1.95. The predicted molar refractivity (Wildman–Crippen MR) is 58.1 cm³/mol. The molecule has 104 valence electrons. The van der Waals surface area contributed by atoms with Crippen LogP contribution in [0.5, 0.6) is 0 Å². The van der Waals surface area contributed by atoms with E-state index < -0.39 is 29.0 Å². The molecule has 0 spiro atoms. The zero-order valence-electron chi connectivity index (χ0n) is 10.0. The van der Waals surface area contributed by atoms with Gasteiger partial charge in [-0.05, 0) is 18.2 Å². The highest BCUT2D eigenvalue weighted by atomic mass is 19.4. The molecule has 5 nitrogen and oxygen atoms in total. The number of methoxy groups -OCH3 is 1. The number of carbonyl (C=O) groups is 2. The van der Waals surface area contributed by atoms with Crippen molar-refractivity contribution in [3.05, 3.63) is 29.8 Å². The molecule has 19 heavy (non-hydrogen) atoms. The molecule has 0 saturated heterocycles. The number of anilines is 1. The van der Waals surface area contributed by atoms with Crippen molar-refractivity contribution < 1.29 is 32.3 Å². The maximum atomic E-state index is 12.7. The van der Waals surface area contributed by atoms with E-state index in [-0.39, 0.29) is 5.56 Å². The summed E-state index contributed by atoms with van der Waals surface area (Å²) in [5, 5.41) is -0.526. The van der Waals surface area contributed by atoms with Gasteiger partial charge in [0, 0.05) is 6.92 Å². The predicted octanol–water partition coefficient (Wildman–Crippen LogP) is 2.28. The Morgan fingerprint density at radius 2 is 1.89 bits per heavy atom. The quantitative estimate of drug-likeness (QED) is 0.482. The molecule has 1 rings (SSSR count). The summed E-state index contributed by atoms with van der Waals surface area (Å²) in [6, 6.07) is 4.44. The Labute approximate surface area is 106 Å². The van der Waals surface area contributed by atoms with E-state index in [1.54, 1.807) is 0 Å². The van der Waals surface area contributed by atoms with Crippen molar-refractivity contribution in [3.8, 4) is 0 Å². The topological polar surface area (TPSA) is 55.8 Å². The summed E-state index contributed by atoms with van der Waals surface area (Å²) in [6.45, 7) is 0.836. The number of esters is 1. The maximum absolute atomic E-state index is 12.7. The van der Waals surface area contributed by atoms with E-state index in [0.29, 0.717) is 0 Å². The first-order chi connectivity index (χ1) is 8.75. The summed E-state index contributed by atoms with van der Waals surface area (Å²) in [4.78, 5) is 26.0. The fourth-order valence-electron chi connectivity index (χ4n) is 1.26. The lowest BCUT2D eigenvalue weighted by Crippen LogP contribution is -2.39. The molecule has 0 heterocycles. The van der Waals surface area contributed by atoms with Gasteiger partial charge in [0.2, 0.25) is 0 Å². The summed E-state index contributed by atoms with van der Waals surface area (Å²) in [6.07, 6.45) is -4.93. The lowest BCUT2D eigenvalue weighted by Gasteiger charge is -2.24. The van der Waals surface area contributed by atoms with Crippen LogP contribution in [0.4, 0.5) is 18.9 Å². The molecule has 0 aliphatic carbocycles. The van der Waals surface area contributed by atoms with Crippen LogP contribution in [0.2, 0.25) is 0 Å². The molecule has 1 aromatic rings. The first kappa shape index (κ1) is 14.8. The molecular weight excluding hydrogens is 267 g/mol. The molecule has 0 aliphatic rings. The van der Waals surface area contributed by atoms with Gasteiger partial charge in [-0.2, -0.15) is 0 Å². The van der Waals surface area contributed by atoms with Crippen LogP contribution in [0.3, 0.4) is 0 Å². The first-order valence-electron chi connectivity index (χ1n) is 4.99. The Morgan fingerprint density at radius 1 is 1.26 bits per heavy atom. The van der Waals surface area contributed by atoms with Crippen LogP contribution in [-0.2, 0) is 14.4 Å². The van der Waals surface area contributed by atoms with Gasteiger partial charge >= 0.3 is 18.2 Å². The Hall–Kier alpha value is -2.25. The molecule has 1 aromatic carbocycles. The highest BCUT2D eigenvalue weighted by Crippen LogP contribution is 2.29. The first-order valence-corrected chi connectivity index (χ1v) is 4.99. The Bertz CT molecular complexity index is 487. The van der Waals surface area contributed by atoms with E-state index in [2.05, 4.69) is 9.57 Å². The normalized spacial score (nSPS) is 10.8. The second-order valence-corrected chi connectivity index (χ2v) is 3.39. The lowest BCUT2D eigenvalue weighted by molar-refractivity contribution is -0.197. The summed E-state index contributed by atoms with van der Waals surface area (Å²) in [7, 11) is 1.10. The van der Waals surface area contributed by atoms with Gasteiger partial charge in [0.1, 0.15) is 0 Å². The minimum absolute atomic E-state index is 0.0959. The van der Waals surface area contributed by atoms with E-state index in [9.17, 15) is 22.8 Å². The Kier molecular flexibility index (Phi) is 4.36. The van der Waals surface area contributed by atoms with Gasteiger partial charge in [0.05, 0.1) is 18.4 Å². The second-order valence-electron chi connectivity index (χ2n) is 3.39. The third kappa shape index (κ3) is 3.87. The van der Waals surface area contributed by atoms with Crippen molar-refractivity contribution in [2.24, 2.45) is 0 Å². The number of nitrogens with zero attached hydrogens (tertiary/aromatic N) is 1. The minimum Gasteiger partial charge on any atom is -0.465 e. The largest absolute Gasteiger partial charge is 0.517 e. The van der Waals surface area contributed by atoms with Gasteiger partial charge in [-0.3, -0.25) is 4.79 Å². The van der Waals surface area contributed by atoms with Gasteiger partial charge in [0.15, 0.2) is 0 Å². The van der Waals surface area contributed by atoms with E-state index >= 15 is 0 Å². The second kappa shape index (κ2) is 5.59. The molecule has 8 heteroatoms. The average molecular weight is 277 g/mol. The van der Waals surface area contributed by atoms with E-state index in [1.807, 2.05) is 0 Å². The number of hydrogen-bond donors (Lipinski definition) is 0. The number of hydroxylamine groups is 1. The van der Waals surface area contributed by atoms with Crippen LogP contribution in [0.25, 0.3) is 0 Å². The van der Waals surface area contributed by atoms with E-state index in [4.69, 9.17) is 0 Å². The third-order valence-corrected chi connectivity index (χ3v) is 1.95. The zero-order valence-corrected chi connectivity index (χ0v) is 10.0. The molecule has 0 radical (unpaired) electrons. The highest BCUT2D eigenvalue weighted by molar-refractivity contribution is 5.90. The Morgan fingerprint density at radius 3 is 2.37 bits per heavy atom. The molecule has 0 saturated carbocycles. The minimum atomic E-state index is -4.93. The molecular formula is C11H10F3NO4. The molecule has 0 unspecified atom stereocenters. The molecule has 0 N–H and O–H groups in total. The van der Waals surface area contributed by atoms with Gasteiger partial charge in [-0.1, -0.05) is 6.07 Å². The van der Waals surface area contributed by atoms with Crippen LogP contribution >= 0.6 is 0 Å². The SMILES string of the molecule is COC(=O)c1cccc(N(OC(C)=O)C(F)(F)F)c1. The van der Waals surface area contributed by atoms with Gasteiger partial charge in [-0.25, -0.2) is 4.79 Å². The monoisotopic (exact) mass is 277 g/mol. The van der Waals surface area contributed by atoms with Crippen LogP contribution < -0.4 is 5.06 Å². The lowest BCUT2D eigenvalue weighted by atomic mass is 10.2. The van der Waals surface area contributed by atoms with Crippen LogP contribution in [0, 0.1) is 0 Å². The molecule has 0 atom stereocenters. The fraction of sp³-hybridized carbons (Fsp3) is 0.273. The molecule has 0 bridgehead atoms. The van der Waals surface area contributed by atoms with Crippen molar-refractivity contribution in [1.82, 2.24) is 0 Å². The molecule has 0 amide bonds. The summed E-state index contributed by atoms with van der Waals surface area (Å²) in [5.41, 5.74) is -0.605. The summed E-state index contributed by atoms with van der Waals surface area (Å²) < 4.78 is 42.5. The molecule has 0 aromatic heterocycles. The number of benzene rings is 1.